The lowest BCUT2D eigenvalue weighted by molar-refractivity contribution is -0.384. The van der Waals surface area contributed by atoms with E-state index in [1.54, 1.807) is 12.1 Å². The van der Waals surface area contributed by atoms with E-state index in [9.17, 15) is 10.1 Å². The molecule has 2 rings (SSSR count). The monoisotopic (exact) mass is 274 g/mol. The number of pyridine rings is 1. The van der Waals surface area contributed by atoms with Crippen molar-refractivity contribution in [3.05, 3.63) is 40.1 Å². The lowest BCUT2D eigenvalue weighted by Gasteiger charge is -2.21. The van der Waals surface area contributed by atoms with Crippen molar-refractivity contribution in [3.63, 3.8) is 0 Å². The molecule has 0 radical (unpaired) electrons. The van der Waals surface area contributed by atoms with Gasteiger partial charge in [0.25, 0.3) is 5.69 Å². The zero-order chi connectivity index (χ0) is 14.7. The van der Waals surface area contributed by atoms with Crippen LogP contribution in [0.15, 0.2) is 24.3 Å². The highest BCUT2D eigenvalue weighted by Gasteiger charge is 2.13. The molecule has 1 heterocycles. The third-order valence-corrected chi connectivity index (χ3v) is 3.22. The summed E-state index contributed by atoms with van der Waals surface area (Å²) < 4.78 is 0. The quantitative estimate of drug-likeness (QED) is 0.668. The van der Waals surface area contributed by atoms with E-state index in [2.05, 4.69) is 15.2 Å². The Morgan fingerprint density at radius 1 is 1.40 bits per heavy atom. The molecule has 0 aliphatic heterocycles. The third-order valence-electron chi connectivity index (χ3n) is 3.22. The van der Waals surface area contributed by atoms with Crippen molar-refractivity contribution in [1.82, 2.24) is 10.3 Å². The fourth-order valence-corrected chi connectivity index (χ4v) is 2.15. The highest BCUT2D eigenvalue weighted by atomic mass is 16.6. The van der Waals surface area contributed by atoms with E-state index >= 15 is 0 Å². The number of non-ortho nitro benzene ring substituents is 1. The molecule has 0 unspecified atom stereocenters. The van der Waals surface area contributed by atoms with Crippen molar-refractivity contribution in [2.45, 2.75) is 6.92 Å². The highest BCUT2D eigenvalue weighted by Crippen LogP contribution is 2.29. The standard InChI is InChI=1S/C14H18N4O2/c1-10-8-14(17(3)7-6-15-2)12-9-11(18(19)20)4-5-13(12)16-10/h4-5,8-9,15H,6-7H2,1-3H3. The maximum atomic E-state index is 10.9. The molecule has 1 N–H and O–H groups in total. The Morgan fingerprint density at radius 3 is 2.80 bits per heavy atom. The molecule has 0 saturated carbocycles. The van der Waals surface area contributed by atoms with Gasteiger partial charge in [-0.2, -0.15) is 0 Å². The summed E-state index contributed by atoms with van der Waals surface area (Å²) in [4.78, 5) is 17.1. The molecule has 0 aliphatic rings. The number of benzene rings is 1. The lowest BCUT2D eigenvalue weighted by Crippen LogP contribution is -2.27. The van der Waals surface area contributed by atoms with Gasteiger partial charge in [-0.3, -0.25) is 15.1 Å². The molecule has 0 atom stereocenters. The van der Waals surface area contributed by atoms with Gasteiger partial charge >= 0.3 is 0 Å². The van der Waals surface area contributed by atoms with Gasteiger partial charge in [0.2, 0.25) is 0 Å². The second-order valence-corrected chi connectivity index (χ2v) is 4.77. The summed E-state index contributed by atoms with van der Waals surface area (Å²) in [5.74, 6) is 0. The second kappa shape index (κ2) is 5.83. The summed E-state index contributed by atoms with van der Waals surface area (Å²) in [6.45, 7) is 3.59. The fraction of sp³-hybridized carbons (Fsp3) is 0.357. The van der Waals surface area contributed by atoms with Crippen molar-refractivity contribution in [2.24, 2.45) is 0 Å². The number of nitrogens with one attached hydrogen (secondary N) is 1. The minimum atomic E-state index is -0.378. The molecule has 6 heteroatoms. The zero-order valence-electron chi connectivity index (χ0n) is 11.9. The molecule has 1 aromatic heterocycles. The molecular weight excluding hydrogens is 256 g/mol. The molecular formula is C14H18N4O2. The number of hydrogen-bond acceptors (Lipinski definition) is 5. The summed E-state index contributed by atoms with van der Waals surface area (Å²) >= 11 is 0. The number of hydrogen-bond donors (Lipinski definition) is 1. The number of likely N-dealkylation sites (N-methyl/N-ethyl adjacent to an activating group) is 2. The number of rotatable bonds is 5. The molecule has 6 nitrogen and oxygen atoms in total. The van der Waals surface area contributed by atoms with Gasteiger partial charge in [-0.15, -0.1) is 0 Å². The first-order valence-corrected chi connectivity index (χ1v) is 6.44. The Balaban J connectivity index is 2.55. The van der Waals surface area contributed by atoms with E-state index in [-0.39, 0.29) is 10.6 Å². The molecule has 0 aliphatic carbocycles. The Kier molecular flexibility index (Phi) is 4.14. The molecule has 106 valence electrons. The van der Waals surface area contributed by atoms with Crippen molar-refractivity contribution < 1.29 is 4.92 Å². The lowest BCUT2D eigenvalue weighted by atomic mass is 10.1. The van der Waals surface area contributed by atoms with Crippen molar-refractivity contribution >= 4 is 22.3 Å². The van der Waals surface area contributed by atoms with Crippen molar-refractivity contribution in [1.29, 1.82) is 0 Å². The average Bonchev–Trinajstić information content (AvgIpc) is 2.43. The van der Waals surface area contributed by atoms with Crippen LogP contribution in [0.25, 0.3) is 10.9 Å². The topological polar surface area (TPSA) is 71.3 Å². The van der Waals surface area contributed by atoms with Gasteiger partial charge in [-0.05, 0) is 26.1 Å². The van der Waals surface area contributed by atoms with Crippen LogP contribution in [0.3, 0.4) is 0 Å². The number of nitro benzene ring substituents is 1. The van der Waals surface area contributed by atoms with E-state index in [4.69, 9.17) is 0 Å². The van der Waals surface area contributed by atoms with Gasteiger partial charge in [0, 0.05) is 49.0 Å². The van der Waals surface area contributed by atoms with Crippen molar-refractivity contribution in [2.75, 3.05) is 32.1 Å². The first-order chi connectivity index (χ1) is 9.52. The maximum absolute atomic E-state index is 10.9. The summed E-state index contributed by atoms with van der Waals surface area (Å²) in [7, 11) is 3.87. The van der Waals surface area contributed by atoms with Crippen LogP contribution in [-0.4, -0.2) is 37.1 Å². The second-order valence-electron chi connectivity index (χ2n) is 4.77. The van der Waals surface area contributed by atoms with Crippen LogP contribution in [0.2, 0.25) is 0 Å². The van der Waals surface area contributed by atoms with Crippen molar-refractivity contribution in [3.8, 4) is 0 Å². The smallest absolute Gasteiger partial charge is 0.270 e. The van der Waals surface area contributed by atoms with E-state index < -0.39 is 0 Å². The number of anilines is 1. The van der Waals surface area contributed by atoms with Crippen LogP contribution < -0.4 is 10.2 Å². The van der Waals surface area contributed by atoms with Gasteiger partial charge in [-0.25, -0.2) is 0 Å². The van der Waals surface area contributed by atoms with Crippen LogP contribution in [0.5, 0.6) is 0 Å². The predicted octanol–water partition coefficient (Wildman–Crippen LogP) is 2.11. The zero-order valence-corrected chi connectivity index (χ0v) is 11.9. The van der Waals surface area contributed by atoms with Crippen LogP contribution in [-0.2, 0) is 0 Å². The fourth-order valence-electron chi connectivity index (χ4n) is 2.15. The Morgan fingerprint density at radius 2 is 2.15 bits per heavy atom. The Bertz CT molecular complexity index is 642. The number of fused-ring (bicyclic) bond motifs is 1. The van der Waals surface area contributed by atoms with Crippen LogP contribution in [0, 0.1) is 17.0 Å². The summed E-state index contributed by atoms with van der Waals surface area (Å²) in [5, 5.41) is 14.8. The summed E-state index contributed by atoms with van der Waals surface area (Å²) in [6, 6.07) is 6.75. The first kappa shape index (κ1) is 14.2. The minimum Gasteiger partial charge on any atom is -0.373 e. The third kappa shape index (κ3) is 2.85. The average molecular weight is 274 g/mol. The van der Waals surface area contributed by atoms with Crippen LogP contribution in [0.4, 0.5) is 11.4 Å². The highest BCUT2D eigenvalue weighted by molar-refractivity contribution is 5.93. The predicted molar refractivity (Wildman–Crippen MR) is 80.3 cm³/mol. The SMILES string of the molecule is CNCCN(C)c1cc(C)nc2ccc([N+](=O)[O-])cc12. The summed E-state index contributed by atoms with van der Waals surface area (Å²) in [5.41, 5.74) is 2.73. The van der Waals surface area contributed by atoms with Gasteiger partial charge in [0.15, 0.2) is 0 Å². The molecule has 0 amide bonds. The summed E-state index contributed by atoms with van der Waals surface area (Å²) in [6.07, 6.45) is 0. The van der Waals surface area contributed by atoms with Gasteiger partial charge < -0.3 is 10.2 Å². The van der Waals surface area contributed by atoms with Crippen LogP contribution in [0.1, 0.15) is 5.69 Å². The Hall–Kier alpha value is -2.21. The van der Waals surface area contributed by atoms with Gasteiger partial charge in [-0.1, -0.05) is 0 Å². The Labute approximate surface area is 117 Å². The largest absolute Gasteiger partial charge is 0.373 e. The maximum Gasteiger partial charge on any atom is 0.270 e. The van der Waals surface area contributed by atoms with E-state index in [0.29, 0.717) is 0 Å². The number of aromatic nitrogens is 1. The number of aryl methyl sites for hydroxylation is 1. The first-order valence-electron chi connectivity index (χ1n) is 6.44. The van der Waals surface area contributed by atoms with Gasteiger partial charge in [0.05, 0.1) is 10.4 Å². The number of nitro groups is 1. The van der Waals surface area contributed by atoms with Gasteiger partial charge in [0.1, 0.15) is 0 Å². The molecule has 20 heavy (non-hydrogen) atoms. The van der Waals surface area contributed by atoms with Crippen LogP contribution >= 0.6 is 0 Å². The molecule has 0 saturated heterocycles. The molecule has 2 aromatic rings. The molecule has 1 aromatic carbocycles. The molecule has 0 spiro atoms. The van der Waals surface area contributed by atoms with E-state index in [1.807, 2.05) is 27.1 Å². The normalized spacial score (nSPS) is 10.8. The minimum absolute atomic E-state index is 0.0893. The molecule has 0 bridgehead atoms. The van der Waals surface area contributed by atoms with E-state index in [1.165, 1.54) is 6.07 Å². The molecule has 0 fully saturated rings. The number of nitrogens with zero attached hydrogens (tertiary/aromatic N) is 3. The van der Waals surface area contributed by atoms with E-state index in [0.717, 1.165) is 35.4 Å².